The predicted octanol–water partition coefficient (Wildman–Crippen LogP) is 2.14. The number of aliphatic hydroxyl groups excluding tert-OH is 1. The highest BCUT2D eigenvalue weighted by Gasteiger charge is 2.25. The Morgan fingerprint density at radius 2 is 2.20 bits per heavy atom. The van der Waals surface area contributed by atoms with Crippen LogP contribution in [0.1, 0.15) is 32.6 Å². The Morgan fingerprint density at radius 3 is 2.95 bits per heavy atom. The number of halogens is 1. The van der Waals surface area contributed by atoms with Gasteiger partial charge in [-0.1, -0.05) is 12.8 Å². The monoisotopic (exact) mass is 342 g/mol. The van der Waals surface area contributed by atoms with E-state index in [1.165, 1.54) is 12.8 Å². The first-order chi connectivity index (χ1) is 9.60. The van der Waals surface area contributed by atoms with Gasteiger partial charge in [-0.15, -0.1) is 0 Å². The molecule has 1 aliphatic carbocycles. The summed E-state index contributed by atoms with van der Waals surface area (Å²) in [7, 11) is 0. The second-order valence-electron chi connectivity index (χ2n) is 5.74. The average Bonchev–Trinajstić information content (AvgIpc) is 2.43. The van der Waals surface area contributed by atoms with Gasteiger partial charge in [0.2, 0.25) is 0 Å². The van der Waals surface area contributed by atoms with E-state index in [0.29, 0.717) is 18.5 Å². The fraction of sp³-hybridized carbons (Fsp3) is 0.667. The maximum absolute atomic E-state index is 11.8. The smallest absolute Gasteiger partial charge is 0.250 e. The van der Waals surface area contributed by atoms with Crippen molar-refractivity contribution >= 4 is 15.9 Å². The third-order valence-electron chi connectivity index (χ3n) is 4.06. The molecule has 0 aliphatic heterocycles. The lowest BCUT2D eigenvalue weighted by Crippen LogP contribution is -2.46. The van der Waals surface area contributed by atoms with E-state index in [9.17, 15) is 9.90 Å². The first kappa shape index (κ1) is 15.7. The van der Waals surface area contributed by atoms with E-state index in [4.69, 9.17) is 0 Å². The SMILES string of the molecule is C[C@H](Cn1cc(Br)ccc1=O)N[C@@H]1CCCC[C@H]1CO. The summed E-state index contributed by atoms with van der Waals surface area (Å²) < 4.78 is 2.63. The zero-order valence-corrected chi connectivity index (χ0v) is 13.5. The van der Waals surface area contributed by atoms with Gasteiger partial charge in [0.1, 0.15) is 0 Å². The van der Waals surface area contributed by atoms with Gasteiger partial charge >= 0.3 is 0 Å². The lowest BCUT2D eigenvalue weighted by molar-refractivity contribution is 0.145. The van der Waals surface area contributed by atoms with Crippen LogP contribution >= 0.6 is 15.9 Å². The first-order valence-corrected chi connectivity index (χ1v) is 8.12. The third-order valence-corrected chi connectivity index (χ3v) is 4.53. The molecule has 4 nitrogen and oxygen atoms in total. The molecule has 0 unspecified atom stereocenters. The van der Waals surface area contributed by atoms with Crippen molar-refractivity contribution in [3.8, 4) is 0 Å². The topological polar surface area (TPSA) is 54.3 Å². The average molecular weight is 343 g/mol. The molecule has 2 N–H and O–H groups in total. The predicted molar refractivity (Wildman–Crippen MR) is 83.8 cm³/mol. The van der Waals surface area contributed by atoms with Crippen molar-refractivity contribution in [2.45, 2.75) is 51.2 Å². The van der Waals surface area contributed by atoms with Gasteiger partial charge in [0.25, 0.3) is 5.56 Å². The molecule has 2 rings (SSSR count). The minimum Gasteiger partial charge on any atom is -0.396 e. The Morgan fingerprint density at radius 1 is 1.45 bits per heavy atom. The summed E-state index contributed by atoms with van der Waals surface area (Å²) in [4.78, 5) is 11.8. The molecule has 1 aromatic heterocycles. The minimum atomic E-state index is 0.0178. The highest BCUT2D eigenvalue weighted by Crippen LogP contribution is 2.24. The molecule has 1 aromatic rings. The summed E-state index contributed by atoms with van der Waals surface area (Å²) in [5.41, 5.74) is 0.0178. The van der Waals surface area contributed by atoms with Crippen LogP contribution in [-0.2, 0) is 6.54 Å². The van der Waals surface area contributed by atoms with Crippen LogP contribution in [-0.4, -0.2) is 28.4 Å². The van der Waals surface area contributed by atoms with Gasteiger partial charge in [-0.05, 0) is 47.7 Å². The molecule has 3 atom stereocenters. The summed E-state index contributed by atoms with van der Waals surface area (Å²) in [5, 5.41) is 13.0. The zero-order chi connectivity index (χ0) is 14.5. The Kier molecular flexibility index (Phi) is 5.81. The van der Waals surface area contributed by atoms with Gasteiger partial charge in [0.05, 0.1) is 0 Å². The van der Waals surface area contributed by atoms with Gasteiger partial charge in [-0.3, -0.25) is 4.79 Å². The summed E-state index contributed by atoms with van der Waals surface area (Å²) in [5.74, 6) is 0.352. The fourth-order valence-electron chi connectivity index (χ4n) is 3.00. The highest BCUT2D eigenvalue weighted by molar-refractivity contribution is 9.10. The van der Waals surface area contributed by atoms with E-state index in [-0.39, 0.29) is 18.2 Å². The molecule has 0 aromatic carbocycles. The number of hydrogen-bond acceptors (Lipinski definition) is 3. The molecule has 112 valence electrons. The van der Waals surface area contributed by atoms with Gasteiger partial charge in [-0.25, -0.2) is 0 Å². The summed E-state index contributed by atoms with van der Waals surface area (Å²) in [6, 6.07) is 3.92. The van der Waals surface area contributed by atoms with Crippen LogP contribution in [0.25, 0.3) is 0 Å². The van der Waals surface area contributed by atoms with Crippen LogP contribution in [0.4, 0.5) is 0 Å². The molecule has 5 heteroatoms. The fourth-order valence-corrected chi connectivity index (χ4v) is 3.38. The Bertz CT molecular complexity index is 489. The Labute approximate surface area is 128 Å². The normalized spacial score (nSPS) is 24.6. The van der Waals surface area contributed by atoms with Gasteiger partial charge in [0.15, 0.2) is 0 Å². The number of rotatable bonds is 5. The molecule has 20 heavy (non-hydrogen) atoms. The van der Waals surface area contributed by atoms with Crippen molar-refractivity contribution in [2.75, 3.05) is 6.61 Å². The van der Waals surface area contributed by atoms with Crippen molar-refractivity contribution in [3.05, 3.63) is 33.2 Å². The lowest BCUT2D eigenvalue weighted by atomic mass is 9.84. The number of nitrogens with zero attached hydrogens (tertiary/aromatic N) is 1. The minimum absolute atomic E-state index is 0.0178. The molecule has 1 fully saturated rings. The van der Waals surface area contributed by atoms with Crippen molar-refractivity contribution in [1.82, 2.24) is 9.88 Å². The van der Waals surface area contributed by atoms with Gasteiger partial charge in [-0.2, -0.15) is 0 Å². The largest absolute Gasteiger partial charge is 0.396 e. The Hall–Kier alpha value is -0.650. The van der Waals surface area contributed by atoms with E-state index in [1.54, 1.807) is 16.7 Å². The standard InChI is InChI=1S/C15H23BrN2O2/c1-11(8-18-9-13(16)6-7-15(18)20)17-14-5-3-2-4-12(14)10-19/h6-7,9,11-12,14,17,19H,2-5,8,10H2,1H3/t11-,12+,14-/m1/s1. The maximum Gasteiger partial charge on any atom is 0.250 e. The van der Waals surface area contributed by atoms with Crippen LogP contribution in [0.3, 0.4) is 0 Å². The van der Waals surface area contributed by atoms with Crippen molar-refractivity contribution in [1.29, 1.82) is 0 Å². The molecule has 1 saturated carbocycles. The number of aromatic nitrogens is 1. The Balaban J connectivity index is 1.96. The highest BCUT2D eigenvalue weighted by atomic mass is 79.9. The van der Waals surface area contributed by atoms with E-state index < -0.39 is 0 Å². The van der Waals surface area contributed by atoms with E-state index in [0.717, 1.165) is 17.3 Å². The molecular weight excluding hydrogens is 320 g/mol. The number of hydrogen-bond donors (Lipinski definition) is 2. The summed E-state index contributed by atoms with van der Waals surface area (Å²) in [6.07, 6.45) is 6.46. The first-order valence-electron chi connectivity index (χ1n) is 7.33. The van der Waals surface area contributed by atoms with Gasteiger partial charge < -0.3 is 15.0 Å². The summed E-state index contributed by atoms with van der Waals surface area (Å²) in [6.45, 7) is 2.99. The van der Waals surface area contributed by atoms with Crippen LogP contribution in [0.2, 0.25) is 0 Å². The molecule has 1 aliphatic rings. The molecule has 0 amide bonds. The second-order valence-corrected chi connectivity index (χ2v) is 6.65. The molecule has 1 heterocycles. The quantitative estimate of drug-likeness (QED) is 0.861. The third kappa shape index (κ3) is 4.17. The maximum atomic E-state index is 11.8. The van der Waals surface area contributed by atoms with Crippen molar-refractivity contribution in [2.24, 2.45) is 5.92 Å². The van der Waals surface area contributed by atoms with Crippen molar-refractivity contribution in [3.63, 3.8) is 0 Å². The number of aliphatic hydroxyl groups is 1. The molecule has 0 saturated heterocycles. The van der Waals surface area contributed by atoms with E-state index in [1.807, 2.05) is 6.20 Å². The van der Waals surface area contributed by atoms with E-state index in [2.05, 4.69) is 28.2 Å². The molecule has 0 bridgehead atoms. The number of pyridine rings is 1. The van der Waals surface area contributed by atoms with Crippen LogP contribution in [0.5, 0.6) is 0 Å². The van der Waals surface area contributed by atoms with E-state index >= 15 is 0 Å². The lowest BCUT2D eigenvalue weighted by Gasteiger charge is -2.33. The molecular formula is C15H23BrN2O2. The molecule has 0 spiro atoms. The number of nitrogens with one attached hydrogen (secondary N) is 1. The van der Waals surface area contributed by atoms with Gasteiger partial charge in [0, 0.05) is 42.0 Å². The second kappa shape index (κ2) is 7.38. The van der Waals surface area contributed by atoms with Crippen LogP contribution in [0.15, 0.2) is 27.6 Å². The summed E-state index contributed by atoms with van der Waals surface area (Å²) >= 11 is 3.39. The van der Waals surface area contributed by atoms with Crippen LogP contribution in [0, 0.1) is 5.92 Å². The van der Waals surface area contributed by atoms with Crippen LogP contribution < -0.4 is 10.9 Å². The molecule has 0 radical (unpaired) electrons. The zero-order valence-electron chi connectivity index (χ0n) is 11.9. The van der Waals surface area contributed by atoms with Crippen molar-refractivity contribution < 1.29 is 5.11 Å².